The Kier molecular flexibility index (Phi) is 4.75. The summed E-state index contributed by atoms with van der Waals surface area (Å²) in [6.07, 6.45) is 1.94. The van der Waals surface area contributed by atoms with Gasteiger partial charge in [0.2, 0.25) is 0 Å². The summed E-state index contributed by atoms with van der Waals surface area (Å²) in [6, 6.07) is 11.4. The number of methoxy groups -OCH3 is 2. The Labute approximate surface area is 161 Å². The van der Waals surface area contributed by atoms with Crippen molar-refractivity contribution in [2.45, 2.75) is 6.92 Å². The number of hydrogen-bond acceptors (Lipinski definition) is 5. The molecule has 0 spiro atoms. The molecule has 144 valence electrons. The Hall–Kier alpha value is -3.32. The fourth-order valence-corrected chi connectivity index (χ4v) is 3.32. The average molecular weight is 378 g/mol. The van der Waals surface area contributed by atoms with Crippen molar-refractivity contribution in [2.24, 2.45) is 0 Å². The zero-order valence-electron chi connectivity index (χ0n) is 16.1. The van der Waals surface area contributed by atoms with Gasteiger partial charge in [0.05, 0.1) is 24.8 Å². The van der Waals surface area contributed by atoms with E-state index in [1.165, 1.54) is 0 Å². The molecule has 4 rings (SSSR count). The fraction of sp³-hybridized carbons (Fsp3) is 0.238. The molecule has 1 aromatic carbocycles. The van der Waals surface area contributed by atoms with Gasteiger partial charge in [0.25, 0.3) is 5.56 Å². The van der Waals surface area contributed by atoms with Crippen molar-refractivity contribution in [2.75, 3.05) is 32.7 Å². The maximum Gasteiger partial charge on any atom is 0.258 e. The molecular weight excluding hydrogens is 356 g/mol. The van der Waals surface area contributed by atoms with Gasteiger partial charge in [-0.3, -0.25) is 9.20 Å². The molecule has 0 aliphatic carbocycles. The summed E-state index contributed by atoms with van der Waals surface area (Å²) in [5.41, 5.74) is 3.50. The number of H-pyrrole nitrogens is 1. The number of hydrogen-bond donors (Lipinski definition) is 2. The summed E-state index contributed by atoms with van der Waals surface area (Å²) in [6.45, 7) is 3.15. The van der Waals surface area contributed by atoms with Crippen LogP contribution in [0.25, 0.3) is 27.8 Å². The molecule has 0 aliphatic heterocycles. The monoisotopic (exact) mass is 378 g/mol. The van der Waals surface area contributed by atoms with Gasteiger partial charge in [-0.2, -0.15) is 0 Å². The molecule has 0 aliphatic rings. The predicted molar refractivity (Wildman–Crippen MR) is 110 cm³/mol. The summed E-state index contributed by atoms with van der Waals surface area (Å²) in [7, 11) is 3.26. The average Bonchev–Trinajstić information content (AvgIpc) is 3.07. The Morgan fingerprint density at radius 2 is 2.07 bits per heavy atom. The van der Waals surface area contributed by atoms with Crippen molar-refractivity contribution in [1.29, 1.82) is 0 Å². The molecule has 0 amide bonds. The third-order valence-electron chi connectivity index (χ3n) is 4.75. The first-order valence-electron chi connectivity index (χ1n) is 9.04. The predicted octanol–water partition coefficient (Wildman–Crippen LogP) is 3.22. The smallest absolute Gasteiger partial charge is 0.258 e. The van der Waals surface area contributed by atoms with Crippen molar-refractivity contribution in [1.82, 2.24) is 14.4 Å². The number of rotatable bonds is 6. The highest BCUT2D eigenvalue weighted by Crippen LogP contribution is 2.29. The number of ether oxygens (including phenoxy) is 2. The molecule has 0 saturated heterocycles. The molecular formula is C21H22N4O3. The highest BCUT2D eigenvalue weighted by molar-refractivity contribution is 5.87. The molecule has 2 N–H and O–H groups in total. The summed E-state index contributed by atoms with van der Waals surface area (Å²) < 4.78 is 12.4. The van der Waals surface area contributed by atoms with E-state index in [1.807, 2.05) is 53.9 Å². The van der Waals surface area contributed by atoms with Crippen molar-refractivity contribution in [3.05, 3.63) is 58.5 Å². The summed E-state index contributed by atoms with van der Waals surface area (Å²) in [4.78, 5) is 20.6. The number of benzene rings is 1. The first-order chi connectivity index (χ1) is 13.6. The first kappa shape index (κ1) is 18.1. The molecule has 3 heterocycles. The van der Waals surface area contributed by atoms with Gasteiger partial charge in [-0.05, 0) is 42.1 Å². The zero-order valence-corrected chi connectivity index (χ0v) is 16.1. The molecule has 0 radical (unpaired) electrons. The quantitative estimate of drug-likeness (QED) is 0.504. The Morgan fingerprint density at radius 3 is 2.86 bits per heavy atom. The van der Waals surface area contributed by atoms with Crippen LogP contribution < -0.4 is 15.6 Å². The van der Waals surface area contributed by atoms with Gasteiger partial charge < -0.3 is 19.8 Å². The molecule has 0 unspecified atom stereocenters. The Morgan fingerprint density at radius 1 is 1.21 bits per heavy atom. The van der Waals surface area contributed by atoms with Crippen LogP contribution in [0.3, 0.4) is 0 Å². The number of nitrogens with one attached hydrogen (secondary N) is 2. The lowest BCUT2D eigenvalue weighted by Crippen LogP contribution is -2.13. The summed E-state index contributed by atoms with van der Waals surface area (Å²) in [5.74, 6) is 1.47. The number of aromatic amines is 1. The number of imidazole rings is 1. The van der Waals surface area contributed by atoms with E-state index in [2.05, 4.69) is 10.3 Å². The van der Waals surface area contributed by atoms with Crippen LogP contribution >= 0.6 is 0 Å². The van der Waals surface area contributed by atoms with Crippen LogP contribution in [-0.2, 0) is 4.74 Å². The third kappa shape index (κ3) is 3.10. The number of aryl methyl sites for hydroxylation is 1. The Balaban J connectivity index is 1.92. The minimum atomic E-state index is -0.198. The Bertz CT molecular complexity index is 1210. The normalized spacial score (nSPS) is 11.2. The number of pyridine rings is 2. The van der Waals surface area contributed by atoms with E-state index in [9.17, 15) is 4.79 Å². The van der Waals surface area contributed by atoms with Crippen molar-refractivity contribution >= 4 is 22.4 Å². The molecule has 0 saturated carbocycles. The summed E-state index contributed by atoms with van der Waals surface area (Å²) in [5, 5.41) is 4.27. The number of aromatic nitrogens is 3. The van der Waals surface area contributed by atoms with Gasteiger partial charge in [0, 0.05) is 25.9 Å². The fourth-order valence-electron chi connectivity index (χ4n) is 3.32. The summed E-state index contributed by atoms with van der Waals surface area (Å²) >= 11 is 0. The molecule has 3 aromatic heterocycles. The number of anilines is 1. The van der Waals surface area contributed by atoms with Crippen LogP contribution in [0.4, 0.5) is 5.82 Å². The minimum absolute atomic E-state index is 0.198. The highest BCUT2D eigenvalue weighted by Gasteiger charge is 2.18. The van der Waals surface area contributed by atoms with Gasteiger partial charge in [-0.15, -0.1) is 0 Å². The van der Waals surface area contributed by atoms with E-state index < -0.39 is 0 Å². The lowest BCUT2D eigenvalue weighted by molar-refractivity contribution is 0.210. The SMILES string of the molecule is COCCNc1c(-c2cc3ccc(OC)cc3[nH]c2=O)nc2c(C)cccn12. The number of nitrogens with zero attached hydrogens (tertiary/aromatic N) is 2. The van der Waals surface area contributed by atoms with E-state index in [-0.39, 0.29) is 5.56 Å². The largest absolute Gasteiger partial charge is 0.497 e. The van der Waals surface area contributed by atoms with Gasteiger partial charge in [-0.1, -0.05) is 6.07 Å². The second-order valence-corrected chi connectivity index (χ2v) is 6.58. The van der Waals surface area contributed by atoms with Gasteiger partial charge in [0.15, 0.2) is 0 Å². The molecule has 0 bridgehead atoms. The van der Waals surface area contributed by atoms with E-state index in [0.29, 0.717) is 30.2 Å². The first-order valence-corrected chi connectivity index (χ1v) is 9.04. The standard InChI is InChI=1S/C21H22N4O3/c1-13-5-4-9-25-19(13)24-18(20(25)22-8-10-27-2)16-11-14-6-7-15(28-3)12-17(14)23-21(16)26/h4-7,9,11-12,22H,8,10H2,1-3H3,(H,23,26). The van der Waals surface area contributed by atoms with Crippen LogP contribution in [0.15, 0.2) is 47.4 Å². The van der Waals surface area contributed by atoms with E-state index >= 15 is 0 Å². The molecule has 0 fully saturated rings. The second kappa shape index (κ2) is 7.36. The van der Waals surface area contributed by atoms with Crippen LogP contribution in [0, 0.1) is 6.92 Å². The van der Waals surface area contributed by atoms with E-state index in [0.717, 1.165) is 27.9 Å². The van der Waals surface area contributed by atoms with Crippen LogP contribution in [0.2, 0.25) is 0 Å². The van der Waals surface area contributed by atoms with Gasteiger partial charge >= 0.3 is 0 Å². The van der Waals surface area contributed by atoms with Crippen LogP contribution in [0.1, 0.15) is 5.56 Å². The van der Waals surface area contributed by atoms with E-state index in [4.69, 9.17) is 14.5 Å². The molecule has 0 atom stereocenters. The van der Waals surface area contributed by atoms with Crippen LogP contribution in [0.5, 0.6) is 5.75 Å². The zero-order chi connectivity index (χ0) is 19.7. The van der Waals surface area contributed by atoms with Crippen LogP contribution in [-0.4, -0.2) is 41.7 Å². The maximum absolute atomic E-state index is 12.9. The second-order valence-electron chi connectivity index (χ2n) is 6.58. The lowest BCUT2D eigenvalue weighted by atomic mass is 10.1. The van der Waals surface area contributed by atoms with Crippen molar-refractivity contribution in [3.63, 3.8) is 0 Å². The lowest BCUT2D eigenvalue weighted by Gasteiger charge is -2.09. The van der Waals surface area contributed by atoms with Gasteiger partial charge in [-0.25, -0.2) is 4.98 Å². The van der Waals surface area contributed by atoms with Crippen molar-refractivity contribution in [3.8, 4) is 17.0 Å². The molecule has 28 heavy (non-hydrogen) atoms. The highest BCUT2D eigenvalue weighted by atomic mass is 16.5. The molecule has 7 nitrogen and oxygen atoms in total. The topological polar surface area (TPSA) is 80.7 Å². The van der Waals surface area contributed by atoms with Gasteiger partial charge in [0.1, 0.15) is 22.9 Å². The van der Waals surface area contributed by atoms with E-state index in [1.54, 1.807) is 14.2 Å². The minimum Gasteiger partial charge on any atom is -0.497 e. The third-order valence-corrected chi connectivity index (χ3v) is 4.75. The molecule has 7 heteroatoms. The maximum atomic E-state index is 12.9. The molecule has 4 aromatic rings. The van der Waals surface area contributed by atoms with Crippen molar-refractivity contribution < 1.29 is 9.47 Å². The number of fused-ring (bicyclic) bond motifs is 2.